The van der Waals surface area contributed by atoms with Gasteiger partial charge in [-0.25, -0.2) is 4.79 Å². The number of aromatic hydroxyl groups is 1. The number of carboxylic acids is 1. The minimum atomic E-state index is -1.23. The molecule has 0 saturated carbocycles. The van der Waals surface area contributed by atoms with Gasteiger partial charge in [0.1, 0.15) is 11.3 Å². The molecule has 0 aliphatic heterocycles. The van der Waals surface area contributed by atoms with E-state index in [1.807, 2.05) is 13.8 Å². The van der Waals surface area contributed by atoms with E-state index in [-0.39, 0.29) is 23.1 Å². The van der Waals surface area contributed by atoms with Crippen LogP contribution in [-0.2, 0) is 4.79 Å². The number of carbonyl (C=O) groups excluding carboxylic acids is 1. The minimum Gasteiger partial charge on any atom is -0.507 e. The Morgan fingerprint density at radius 2 is 2.06 bits per heavy atom. The van der Waals surface area contributed by atoms with E-state index >= 15 is 0 Å². The van der Waals surface area contributed by atoms with Crippen molar-refractivity contribution < 1.29 is 19.8 Å². The molecule has 5 heteroatoms. The number of phenols is 1. The van der Waals surface area contributed by atoms with Crippen LogP contribution in [0.4, 0.5) is 5.69 Å². The first-order chi connectivity index (χ1) is 8.45. The third-order valence-electron chi connectivity index (χ3n) is 2.66. The number of amides is 1. The summed E-state index contributed by atoms with van der Waals surface area (Å²) in [4.78, 5) is 22.6. The van der Waals surface area contributed by atoms with Crippen molar-refractivity contribution in [2.24, 2.45) is 5.92 Å². The van der Waals surface area contributed by atoms with E-state index in [9.17, 15) is 14.7 Å². The summed E-state index contributed by atoms with van der Waals surface area (Å²) < 4.78 is 0. The van der Waals surface area contributed by atoms with Crippen molar-refractivity contribution >= 4 is 17.6 Å². The fourth-order valence-electron chi connectivity index (χ4n) is 1.61. The Balaban J connectivity index is 2.82. The molecule has 18 heavy (non-hydrogen) atoms. The largest absolute Gasteiger partial charge is 0.507 e. The van der Waals surface area contributed by atoms with E-state index in [1.54, 1.807) is 0 Å². The number of benzene rings is 1. The van der Waals surface area contributed by atoms with Gasteiger partial charge in [-0.1, -0.05) is 20.3 Å². The number of hydrogen-bond donors (Lipinski definition) is 3. The van der Waals surface area contributed by atoms with Gasteiger partial charge in [0.2, 0.25) is 5.91 Å². The molecule has 1 atom stereocenters. The molecule has 1 aromatic carbocycles. The third-order valence-corrected chi connectivity index (χ3v) is 2.66. The predicted octanol–water partition coefficient (Wildman–Crippen LogP) is 2.47. The van der Waals surface area contributed by atoms with E-state index in [0.29, 0.717) is 5.69 Å². The van der Waals surface area contributed by atoms with Crippen LogP contribution in [0.1, 0.15) is 37.0 Å². The van der Waals surface area contributed by atoms with Gasteiger partial charge in [-0.3, -0.25) is 4.79 Å². The molecule has 0 bridgehead atoms. The summed E-state index contributed by atoms with van der Waals surface area (Å²) in [5.41, 5.74) is 0.147. The van der Waals surface area contributed by atoms with Crippen molar-refractivity contribution in [1.82, 2.24) is 0 Å². The quantitative estimate of drug-likeness (QED) is 0.701. The molecular weight excluding hydrogens is 234 g/mol. The van der Waals surface area contributed by atoms with E-state index < -0.39 is 5.97 Å². The molecule has 1 aromatic rings. The summed E-state index contributed by atoms with van der Waals surface area (Å²) in [5, 5.41) is 20.8. The van der Waals surface area contributed by atoms with Crippen LogP contribution in [0.2, 0.25) is 0 Å². The normalized spacial score (nSPS) is 11.9. The van der Waals surface area contributed by atoms with Crippen LogP contribution < -0.4 is 5.32 Å². The monoisotopic (exact) mass is 251 g/mol. The number of nitrogens with one attached hydrogen (secondary N) is 1. The summed E-state index contributed by atoms with van der Waals surface area (Å²) >= 11 is 0. The molecule has 0 aliphatic rings. The lowest BCUT2D eigenvalue weighted by Crippen LogP contribution is -2.20. The fourth-order valence-corrected chi connectivity index (χ4v) is 1.61. The topological polar surface area (TPSA) is 86.6 Å². The van der Waals surface area contributed by atoms with Crippen molar-refractivity contribution in [3.05, 3.63) is 23.8 Å². The second-order valence-electron chi connectivity index (χ2n) is 4.22. The molecule has 5 nitrogen and oxygen atoms in total. The number of rotatable bonds is 5. The SMILES string of the molecule is CCCC(C)C(=O)Nc1ccc(O)c(C(=O)O)c1. The molecule has 0 fully saturated rings. The van der Waals surface area contributed by atoms with Gasteiger partial charge in [0.25, 0.3) is 0 Å². The first kappa shape index (κ1) is 14.0. The smallest absolute Gasteiger partial charge is 0.339 e. The van der Waals surface area contributed by atoms with Gasteiger partial charge in [0, 0.05) is 11.6 Å². The van der Waals surface area contributed by atoms with Gasteiger partial charge in [0.15, 0.2) is 0 Å². The zero-order chi connectivity index (χ0) is 13.7. The van der Waals surface area contributed by atoms with Gasteiger partial charge in [-0.05, 0) is 24.6 Å². The second-order valence-corrected chi connectivity index (χ2v) is 4.22. The number of hydrogen-bond acceptors (Lipinski definition) is 3. The van der Waals surface area contributed by atoms with E-state index in [4.69, 9.17) is 5.11 Å². The molecule has 0 spiro atoms. The summed E-state index contributed by atoms with van der Waals surface area (Å²) in [5.74, 6) is -1.83. The number of anilines is 1. The Morgan fingerprint density at radius 3 is 2.61 bits per heavy atom. The molecule has 0 aromatic heterocycles. The van der Waals surface area contributed by atoms with Crippen LogP contribution in [0.15, 0.2) is 18.2 Å². The summed E-state index contributed by atoms with van der Waals surface area (Å²) in [6.07, 6.45) is 1.68. The van der Waals surface area contributed by atoms with Crippen LogP contribution in [-0.4, -0.2) is 22.1 Å². The molecule has 0 saturated heterocycles. The van der Waals surface area contributed by atoms with Gasteiger partial charge in [0.05, 0.1) is 0 Å². The third kappa shape index (κ3) is 3.48. The Bertz CT molecular complexity index is 456. The highest BCUT2D eigenvalue weighted by molar-refractivity contribution is 5.96. The zero-order valence-corrected chi connectivity index (χ0v) is 10.4. The van der Waals surface area contributed by atoms with Crippen LogP contribution in [0.25, 0.3) is 0 Å². The Kier molecular flexibility index (Phi) is 4.71. The summed E-state index contributed by atoms with van der Waals surface area (Å²) in [7, 11) is 0. The van der Waals surface area contributed by atoms with Gasteiger partial charge in [-0.15, -0.1) is 0 Å². The zero-order valence-electron chi connectivity index (χ0n) is 10.4. The molecule has 1 unspecified atom stereocenters. The van der Waals surface area contributed by atoms with E-state index in [2.05, 4.69) is 5.32 Å². The molecule has 98 valence electrons. The first-order valence-electron chi connectivity index (χ1n) is 5.82. The van der Waals surface area contributed by atoms with Crippen LogP contribution in [0.5, 0.6) is 5.75 Å². The maximum Gasteiger partial charge on any atom is 0.339 e. The minimum absolute atomic E-state index is 0.128. The average Bonchev–Trinajstić information content (AvgIpc) is 2.31. The molecular formula is C13H17NO4. The average molecular weight is 251 g/mol. The Morgan fingerprint density at radius 1 is 1.39 bits per heavy atom. The van der Waals surface area contributed by atoms with Crippen molar-refractivity contribution in [2.45, 2.75) is 26.7 Å². The summed E-state index contributed by atoms with van der Waals surface area (Å²) in [6.45, 7) is 3.81. The molecule has 0 radical (unpaired) electrons. The highest BCUT2D eigenvalue weighted by atomic mass is 16.4. The standard InChI is InChI=1S/C13H17NO4/c1-3-4-8(2)12(16)14-9-5-6-11(15)10(7-9)13(17)18/h5-8,15H,3-4H2,1-2H3,(H,14,16)(H,17,18). The van der Waals surface area contributed by atoms with Crippen molar-refractivity contribution in [2.75, 3.05) is 5.32 Å². The maximum absolute atomic E-state index is 11.7. The van der Waals surface area contributed by atoms with Crippen LogP contribution in [0, 0.1) is 5.92 Å². The molecule has 3 N–H and O–H groups in total. The molecule has 1 rings (SSSR count). The maximum atomic E-state index is 11.7. The number of aromatic carboxylic acids is 1. The van der Waals surface area contributed by atoms with Crippen LogP contribution >= 0.6 is 0 Å². The lowest BCUT2D eigenvalue weighted by atomic mass is 10.1. The molecule has 0 aliphatic carbocycles. The van der Waals surface area contributed by atoms with Crippen LogP contribution in [0.3, 0.4) is 0 Å². The highest BCUT2D eigenvalue weighted by Crippen LogP contribution is 2.22. The lowest BCUT2D eigenvalue weighted by molar-refractivity contribution is -0.119. The Hall–Kier alpha value is -2.04. The van der Waals surface area contributed by atoms with Gasteiger partial charge < -0.3 is 15.5 Å². The van der Waals surface area contributed by atoms with Crippen molar-refractivity contribution in [3.8, 4) is 5.75 Å². The fraction of sp³-hybridized carbons (Fsp3) is 0.385. The Labute approximate surface area is 105 Å². The van der Waals surface area contributed by atoms with E-state index in [0.717, 1.165) is 12.8 Å². The first-order valence-corrected chi connectivity index (χ1v) is 5.82. The van der Waals surface area contributed by atoms with E-state index in [1.165, 1.54) is 18.2 Å². The summed E-state index contributed by atoms with van der Waals surface area (Å²) in [6, 6.07) is 3.97. The second kappa shape index (κ2) is 6.05. The van der Waals surface area contributed by atoms with Crippen molar-refractivity contribution in [1.29, 1.82) is 0 Å². The van der Waals surface area contributed by atoms with Gasteiger partial charge >= 0.3 is 5.97 Å². The molecule has 0 heterocycles. The molecule has 1 amide bonds. The van der Waals surface area contributed by atoms with Gasteiger partial charge in [-0.2, -0.15) is 0 Å². The van der Waals surface area contributed by atoms with Crippen molar-refractivity contribution in [3.63, 3.8) is 0 Å². The predicted molar refractivity (Wildman–Crippen MR) is 67.8 cm³/mol. The highest BCUT2D eigenvalue weighted by Gasteiger charge is 2.14. The number of carboxylic acid groups (broad SMARTS) is 1. The lowest BCUT2D eigenvalue weighted by Gasteiger charge is -2.11. The number of carbonyl (C=O) groups is 2.